The van der Waals surface area contributed by atoms with E-state index >= 15 is 0 Å². The first-order chi connectivity index (χ1) is 10.6. The quantitative estimate of drug-likeness (QED) is 0.410. The van der Waals surface area contributed by atoms with Crippen LogP contribution in [0.2, 0.25) is 0 Å². The molecular weight excluding hydrogens is 390 g/mol. The fourth-order valence-electron chi connectivity index (χ4n) is 1.74. The van der Waals surface area contributed by atoms with Gasteiger partial charge in [0.2, 0.25) is 5.16 Å². The minimum atomic E-state index is -0.440. The molecule has 0 atom stereocenters. The monoisotopic (exact) mass is 397 g/mol. The van der Waals surface area contributed by atoms with E-state index in [1.165, 1.54) is 22.1 Å². The van der Waals surface area contributed by atoms with Crippen molar-refractivity contribution in [3.8, 4) is 10.7 Å². The van der Waals surface area contributed by atoms with Crippen LogP contribution in [-0.2, 0) is 0 Å². The molecule has 0 saturated carbocycles. The van der Waals surface area contributed by atoms with Gasteiger partial charge in [0.1, 0.15) is 0 Å². The SMILES string of the molecule is Nn1c(Sc2ccc(Br)cc2[N+](=O)[O-])nnc1-c1cccs1. The Balaban J connectivity index is 1.96. The van der Waals surface area contributed by atoms with Gasteiger partial charge in [-0.15, -0.1) is 21.5 Å². The lowest BCUT2D eigenvalue weighted by Crippen LogP contribution is -2.11. The van der Waals surface area contributed by atoms with Crippen LogP contribution in [0.5, 0.6) is 0 Å². The van der Waals surface area contributed by atoms with Gasteiger partial charge in [-0.2, -0.15) is 0 Å². The molecule has 0 spiro atoms. The van der Waals surface area contributed by atoms with Crippen molar-refractivity contribution in [1.82, 2.24) is 14.9 Å². The molecule has 0 aliphatic carbocycles. The first-order valence-electron chi connectivity index (χ1n) is 5.92. The Hall–Kier alpha value is -1.91. The number of hydrogen-bond acceptors (Lipinski definition) is 7. The third-order valence-corrected chi connectivity index (χ3v) is 5.11. The Labute approximate surface area is 141 Å². The molecule has 0 amide bonds. The van der Waals surface area contributed by atoms with Crippen LogP contribution in [0.1, 0.15) is 0 Å². The van der Waals surface area contributed by atoms with E-state index in [0.29, 0.717) is 20.3 Å². The summed E-state index contributed by atoms with van der Waals surface area (Å²) in [7, 11) is 0. The van der Waals surface area contributed by atoms with Gasteiger partial charge in [-0.3, -0.25) is 10.1 Å². The Morgan fingerprint density at radius 3 is 2.86 bits per heavy atom. The molecule has 3 aromatic rings. The van der Waals surface area contributed by atoms with Gasteiger partial charge in [0.05, 0.1) is 14.7 Å². The van der Waals surface area contributed by atoms with E-state index in [-0.39, 0.29) is 5.69 Å². The molecule has 0 bridgehead atoms. The number of rotatable bonds is 4. The van der Waals surface area contributed by atoms with Crippen molar-refractivity contribution in [2.45, 2.75) is 10.1 Å². The van der Waals surface area contributed by atoms with Gasteiger partial charge in [-0.1, -0.05) is 22.0 Å². The zero-order chi connectivity index (χ0) is 15.7. The van der Waals surface area contributed by atoms with Crippen molar-refractivity contribution >= 4 is 44.7 Å². The first kappa shape index (κ1) is 15.0. The third-order valence-electron chi connectivity index (χ3n) is 2.73. The summed E-state index contributed by atoms with van der Waals surface area (Å²) in [5.41, 5.74) is -0.0138. The second-order valence-electron chi connectivity index (χ2n) is 4.12. The van der Waals surface area contributed by atoms with E-state index in [4.69, 9.17) is 5.84 Å². The van der Waals surface area contributed by atoms with E-state index < -0.39 is 4.92 Å². The maximum absolute atomic E-state index is 11.1. The predicted molar refractivity (Wildman–Crippen MR) is 88.4 cm³/mol. The molecule has 0 aliphatic rings. The Bertz CT molecular complexity index is 834. The molecule has 0 saturated heterocycles. The summed E-state index contributed by atoms with van der Waals surface area (Å²) in [5.74, 6) is 6.52. The number of halogens is 1. The van der Waals surface area contributed by atoms with Gasteiger partial charge in [-0.25, -0.2) is 4.68 Å². The van der Waals surface area contributed by atoms with Gasteiger partial charge >= 0.3 is 0 Å². The topological polar surface area (TPSA) is 99.9 Å². The number of nitrogens with two attached hydrogens (primary N) is 1. The minimum Gasteiger partial charge on any atom is -0.335 e. The molecular formula is C12H8BrN5O2S2. The number of hydrogen-bond donors (Lipinski definition) is 1. The highest BCUT2D eigenvalue weighted by Gasteiger charge is 2.19. The van der Waals surface area contributed by atoms with Gasteiger partial charge in [-0.05, 0) is 35.3 Å². The second kappa shape index (κ2) is 6.07. The van der Waals surface area contributed by atoms with E-state index in [1.54, 1.807) is 12.1 Å². The highest BCUT2D eigenvalue weighted by atomic mass is 79.9. The van der Waals surface area contributed by atoms with Crippen molar-refractivity contribution in [1.29, 1.82) is 0 Å². The van der Waals surface area contributed by atoms with Gasteiger partial charge in [0.25, 0.3) is 5.69 Å². The molecule has 0 radical (unpaired) electrons. The largest absolute Gasteiger partial charge is 0.335 e. The van der Waals surface area contributed by atoms with Crippen molar-refractivity contribution in [3.05, 3.63) is 50.3 Å². The number of nitrogen functional groups attached to an aromatic ring is 1. The molecule has 10 heteroatoms. The molecule has 0 fully saturated rings. The lowest BCUT2D eigenvalue weighted by molar-refractivity contribution is -0.387. The van der Waals surface area contributed by atoms with Crippen molar-refractivity contribution < 1.29 is 4.92 Å². The maximum Gasteiger partial charge on any atom is 0.284 e. The van der Waals surface area contributed by atoms with Crippen LogP contribution < -0.4 is 5.84 Å². The molecule has 7 nitrogen and oxygen atoms in total. The van der Waals surface area contributed by atoms with E-state index in [0.717, 1.165) is 16.6 Å². The molecule has 2 heterocycles. The number of nitro benzene ring substituents is 1. The summed E-state index contributed by atoms with van der Waals surface area (Å²) in [5, 5.41) is 21.5. The van der Waals surface area contributed by atoms with E-state index in [1.807, 2.05) is 17.5 Å². The molecule has 112 valence electrons. The summed E-state index contributed by atoms with van der Waals surface area (Å²) < 4.78 is 1.97. The average Bonchev–Trinajstić information content (AvgIpc) is 3.11. The number of nitro groups is 1. The zero-order valence-corrected chi connectivity index (χ0v) is 14.1. The number of nitrogens with zero attached hydrogens (tertiary/aromatic N) is 4. The lowest BCUT2D eigenvalue weighted by atomic mass is 10.3. The fourth-order valence-corrected chi connectivity index (χ4v) is 3.63. The van der Waals surface area contributed by atoms with Crippen molar-refractivity contribution in [2.24, 2.45) is 0 Å². The molecule has 2 N–H and O–H groups in total. The van der Waals surface area contributed by atoms with Crippen LogP contribution in [0.4, 0.5) is 5.69 Å². The predicted octanol–water partition coefficient (Wildman–Crippen LogP) is 3.54. The van der Waals surface area contributed by atoms with Crippen LogP contribution >= 0.6 is 39.0 Å². The maximum atomic E-state index is 11.1. The summed E-state index contributed by atoms with van der Waals surface area (Å²) in [6.45, 7) is 0. The van der Waals surface area contributed by atoms with Crippen LogP contribution in [0.3, 0.4) is 0 Å². The number of thiophene rings is 1. The van der Waals surface area contributed by atoms with Gasteiger partial charge < -0.3 is 5.84 Å². The molecule has 0 unspecified atom stereocenters. The molecule has 0 aliphatic heterocycles. The molecule has 3 rings (SSSR count). The molecule has 22 heavy (non-hydrogen) atoms. The van der Waals surface area contributed by atoms with Crippen molar-refractivity contribution in [2.75, 3.05) is 5.84 Å². The van der Waals surface area contributed by atoms with Crippen LogP contribution in [0.15, 0.2) is 50.2 Å². The third kappa shape index (κ3) is 2.85. The second-order valence-corrected chi connectivity index (χ2v) is 7.00. The van der Waals surface area contributed by atoms with Crippen LogP contribution in [0.25, 0.3) is 10.7 Å². The lowest BCUT2D eigenvalue weighted by Gasteiger charge is -2.03. The smallest absolute Gasteiger partial charge is 0.284 e. The number of aromatic nitrogens is 3. The summed E-state index contributed by atoms with van der Waals surface area (Å²) >= 11 is 5.82. The molecule has 1 aromatic carbocycles. The normalized spacial score (nSPS) is 10.8. The average molecular weight is 398 g/mol. The fraction of sp³-hybridized carbons (Fsp3) is 0. The van der Waals surface area contributed by atoms with Gasteiger partial charge in [0, 0.05) is 10.5 Å². The van der Waals surface area contributed by atoms with Crippen LogP contribution in [-0.4, -0.2) is 19.8 Å². The van der Waals surface area contributed by atoms with E-state index in [2.05, 4.69) is 26.1 Å². The Kier molecular flexibility index (Phi) is 4.14. The summed E-state index contributed by atoms with van der Waals surface area (Å²) in [6, 6.07) is 8.59. The highest BCUT2D eigenvalue weighted by Crippen LogP contribution is 2.36. The standard InChI is InChI=1S/C12H8BrN5O2S2/c13-7-3-4-9(8(6-7)18(19)20)22-12-16-15-11(17(12)14)10-2-1-5-21-10/h1-6H,14H2. The van der Waals surface area contributed by atoms with E-state index in [9.17, 15) is 10.1 Å². The highest BCUT2D eigenvalue weighted by molar-refractivity contribution is 9.10. The zero-order valence-electron chi connectivity index (χ0n) is 10.8. The molecule has 2 aromatic heterocycles. The minimum absolute atomic E-state index is 0.0138. The first-order valence-corrected chi connectivity index (χ1v) is 8.41. The van der Waals surface area contributed by atoms with Crippen molar-refractivity contribution in [3.63, 3.8) is 0 Å². The summed E-state index contributed by atoms with van der Waals surface area (Å²) in [6.07, 6.45) is 0. The number of benzene rings is 1. The van der Waals surface area contributed by atoms with Crippen LogP contribution in [0, 0.1) is 10.1 Å². The Morgan fingerprint density at radius 1 is 1.36 bits per heavy atom. The Morgan fingerprint density at radius 2 is 2.18 bits per heavy atom. The summed E-state index contributed by atoms with van der Waals surface area (Å²) in [4.78, 5) is 12.0. The van der Waals surface area contributed by atoms with Gasteiger partial charge in [0.15, 0.2) is 5.82 Å².